The molecule has 0 bridgehead atoms. The van der Waals surface area contributed by atoms with E-state index in [4.69, 9.17) is 11.6 Å². The van der Waals surface area contributed by atoms with Gasteiger partial charge in [0.1, 0.15) is 5.69 Å². The molecule has 0 saturated carbocycles. The van der Waals surface area contributed by atoms with Gasteiger partial charge in [0.2, 0.25) is 0 Å². The molecule has 126 valence electrons. The van der Waals surface area contributed by atoms with Gasteiger partial charge in [0.15, 0.2) is 0 Å². The number of likely N-dealkylation sites (tertiary alicyclic amines) is 1. The van der Waals surface area contributed by atoms with Crippen molar-refractivity contribution >= 4 is 33.4 Å². The Bertz CT molecular complexity index is 922. The highest BCUT2D eigenvalue weighted by molar-refractivity contribution is 9.10. The zero-order chi connectivity index (χ0) is 17.4. The van der Waals surface area contributed by atoms with E-state index >= 15 is 0 Å². The molecule has 1 aromatic heterocycles. The number of hydrogen-bond donors (Lipinski definition) is 0. The summed E-state index contributed by atoms with van der Waals surface area (Å²) in [6.07, 6.45) is 1.92. The van der Waals surface area contributed by atoms with E-state index < -0.39 is 0 Å². The van der Waals surface area contributed by atoms with Gasteiger partial charge in [0, 0.05) is 23.1 Å². The maximum atomic E-state index is 12.6. The third kappa shape index (κ3) is 3.19. The molecule has 4 rings (SSSR count). The smallest absolute Gasteiger partial charge is 0.255 e. The van der Waals surface area contributed by atoms with Crippen LogP contribution in [0.4, 0.5) is 0 Å². The SMILES string of the molecule is O=C(c1cc(Br)ccc1Cl)N1CC(n2cc(-c3ccccc3)nn2)C1. The summed E-state index contributed by atoms with van der Waals surface area (Å²) in [5.41, 5.74) is 2.38. The molecule has 3 aromatic rings. The molecule has 1 saturated heterocycles. The summed E-state index contributed by atoms with van der Waals surface area (Å²) in [6.45, 7) is 1.19. The molecule has 0 radical (unpaired) electrons. The Balaban J connectivity index is 1.45. The molecule has 0 aliphatic carbocycles. The van der Waals surface area contributed by atoms with Crippen molar-refractivity contribution < 1.29 is 4.79 Å². The third-order valence-corrected chi connectivity index (χ3v) is 5.09. The lowest BCUT2D eigenvalue weighted by Crippen LogP contribution is -2.51. The minimum absolute atomic E-state index is 0.0639. The highest BCUT2D eigenvalue weighted by Gasteiger charge is 2.34. The highest BCUT2D eigenvalue weighted by Crippen LogP contribution is 2.28. The first-order valence-corrected chi connectivity index (χ1v) is 9.00. The zero-order valence-electron chi connectivity index (χ0n) is 13.1. The fraction of sp³-hybridized carbons (Fsp3) is 0.167. The van der Waals surface area contributed by atoms with Gasteiger partial charge in [-0.3, -0.25) is 4.79 Å². The van der Waals surface area contributed by atoms with E-state index in [1.54, 1.807) is 17.0 Å². The molecule has 0 unspecified atom stereocenters. The normalized spacial score (nSPS) is 14.4. The van der Waals surface area contributed by atoms with Gasteiger partial charge in [-0.25, -0.2) is 4.68 Å². The van der Waals surface area contributed by atoms with Crippen LogP contribution in [0.5, 0.6) is 0 Å². The molecule has 5 nitrogen and oxygen atoms in total. The van der Waals surface area contributed by atoms with Gasteiger partial charge in [0.25, 0.3) is 5.91 Å². The molecule has 0 N–H and O–H groups in total. The van der Waals surface area contributed by atoms with Gasteiger partial charge >= 0.3 is 0 Å². The minimum Gasteiger partial charge on any atom is -0.334 e. The summed E-state index contributed by atoms with van der Waals surface area (Å²) >= 11 is 9.52. The molecular formula is C18H14BrClN4O. The molecule has 0 spiro atoms. The van der Waals surface area contributed by atoms with Gasteiger partial charge in [-0.2, -0.15) is 0 Å². The van der Waals surface area contributed by atoms with Crippen LogP contribution in [0.15, 0.2) is 59.2 Å². The van der Waals surface area contributed by atoms with Crippen LogP contribution in [0, 0.1) is 0 Å². The van der Waals surface area contributed by atoms with Crippen LogP contribution in [-0.4, -0.2) is 38.9 Å². The van der Waals surface area contributed by atoms with Crippen molar-refractivity contribution in [3.8, 4) is 11.3 Å². The Hall–Kier alpha value is -2.18. The number of hydrogen-bond acceptors (Lipinski definition) is 3. The molecule has 1 fully saturated rings. The van der Waals surface area contributed by atoms with Crippen molar-refractivity contribution in [3.05, 3.63) is 69.8 Å². The van der Waals surface area contributed by atoms with Crippen molar-refractivity contribution in [3.63, 3.8) is 0 Å². The van der Waals surface area contributed by atoms with E-state index in [1.165, 1.54) is 0 Å². The molecule has 0 atom stereocenters. The lowest BCUT2D eigenvalue weighted by molar-refractivity contribution is 0.0498. The maximum absolute atomic E-state index is 12.6. The van der Waals surface area contributed by atoms with Crippen molar-refractivity contribution in [1.82, 2.24) is 19.9 Å². The predicted octanol–water partition coefficient (Wildman–Crippen LogP) is 4.06. The monoisotopic (exact) mass is 416 g/mol. The largest absolute Gasteiger partial charge is 0.334 e. The number of nitrogens with zero attached hydrogens (tertiary/aromatic N) is 4. The molecular weight excluding hydrogens is 404 g/mol. The van der Waals surface area contributed by atoms with Crippen LogP contribution < -0.4 is 0 Å². The number of rotatable bonds is 3. The van der Waals surface area contributed by atoms with Crippen LogP contribution in [-0.2, 0) is 0 Å². The first kappa shape index (κ1) is 16.3. The van der Waals surface area contributed by atoms with Crippen molar-refractivity contribution in [2.45, 2.75) is 6.04 Å². The number of carbonyl (C=O) groups is 1. The van der Waals surface area contributed by atoms with Crippen molar-refractivity contribution in [1.29, 1.82) is 0 Å². The fourth-order valence-corrected chi connectivity index (χ4v) is 3.38. The average Bonchev–Trinajstić information content (AvgIpc) is 3.06. The lowest BCUT2D eigenvalue weighted by atomic mass is 10.1. The number of amides is 1. The van der Waals surface area contributed by atoms with Gasteiger partial charge in [0.05, 0.1) is 22.8 Å². The second-order valence-corrected chi connectivity index (χ2v) is 7.26. The van der Waals surface area contributed by atoms with E-state index in [0.29, 0.717) is 23.7 Å². The molecule has 1 amide bonds. The van der Waals surface area contributed by atoms with Gasteiger partial charge in [-0.1, -0.05) is 63.1 Å². The fourth-order valence-electron chi connectivity index (χ4n) is 2.82. The van der Waals surface area contributed by atoms with E-state index in [-0.39, 0.29) is 11.9 Å². The number of halogens is 2. The summed E-state index contributed by atoms with van der Waals surface area (Å²) < 4.78 is 2.66. The van der Waals surface area contributed by atoms with E-state index in [1.807, 2.05) is 47.3 Å². The van der Waals surface area contributed by atoms with Crippen LogP contribution >= 0.6 is 27.5 Å². The Labute approximate surface area is 158 Å². The molecule has 2 aromatic carbocycles. The predicted molar refractivity (Wildman–Crippen MR) is 99.6 cm³/mol. The van der Waals surface area contributed by atoms with E-state index in [0.717, 1.165) is 15.7 Å². The third-order valence-electron chi connectivity index (χ3n) is 4.26. The molecule has 1 aliphatic rings. The Morgan fingerprint density at radius 1 is 1.16 bits per heavy atom. The summed E-state index contributed by atoms with van der Waals surface area (Å²) in [6, 6.07) is 15.3. The van der Waals surface area contributed by atoms with E-state index in [2.05, 4.69) is 26.2 Å². The van der Waals surface area contributed by atoms with Crippen LogP contribution in [0.2, 0.25) is 5.02 Å². The first-order valence-electron chi connectivity index (χ1n) is 7.83. The summed E-state index contributed by atoms with van der Waals surface area (Å²) in [5.74, 6) is -0.0639. The van der Waals surface area contributed by atoms with Gasteiger partial charge in [-0.15, -0.1) is 5.10 Å². The topological polar surface area (TPSA) is 51.0 Å². The Morgan fingerprint density at radius 2 is 1.92 bits per heavy atom. The first-order chi connectivity index (χ1) is 12.1. The average molecular weight is 418 g/mol. The lowest BCUT2D eigenvalue weighted by Gasteiger charge is -2.39. The number of benzene rings is 2. The van der Waals surface area contributed by atoms with Crippen molar-refractivity contribution in [2.75, 3.05) is 13.1 Å². The van der Waals surface area contributed by atoms with Crippen LogP contribution in [0.3, 0.4) is 0 Å². The van der Waals surface area contributed by atoms with Crippen LogP contribution in [0.25, 0.3) is 11.3 Å². The number of carbonyl (C=O) groups excluding carboxylic acids is 1. The molecule has 25 heavy (non-hydrogen) atoms. The Kier molecular flexibility index (Phi) is 4.31. The minimum atomic E-state index is -0.0639. The summed E-state index contributed by atoms with van der Waals surface area (Å²) in [5, 5.41) is 8.90. The molecule has 1 aliphatic heterocycles. The number of aromatic nitrogens is 3. The zero-order valence-corrected chi connectivity index (χ0v) is 15.5. The van der Waals surface area contributed by atoms with Crippen molar-refractivity contribution in [2.24, 2.45) is 0 Å². The quantitative estimate of drug-likeness (QED) is 0.646. The van der Waals surface area contributed by atoms with E-state index in [9.17, 15) is 4.79 Å². The standard InChI is InChI=1S/C18H14BrClN4O/c19-13-6-7-16(20)15(8-13)18(25)23-9-14(10-23)24-11-17(21-22-24)12-4-2-1-3-5-12/h1-8,11,14H,9-10H2. The Morgan fingerprint density at radius 3 is 2.68 bits per heavy atom. The second kappa shape index (κ2) is 6.61. The van der Waals surface area contributed by atoms with Gasteiger partial charge in [-0.05, 0) is 18.2 Å². The molecule has 7 heteroatoms. The summed E-state index contributed by atoms with van der Waals surface area (Å²) in [4.78, 5) is 14.3. The van der Waals surface area contributed by atoms with Crippen LogP contribution in [0.1, 0.15) is 16.4 Å². The second-order valence-electron chi connectivity index (χ2n) is 5.94. The highest BCUT2D eigenvalue weighted by atomic mass is 79.9. The molecule has 2 heterocycles. The summed E-state index contributed by atoms with van der Waals surface area (Å²) in [7, 11) is 0. The maximum Gasteiger partial charge on any atom is 0.255 e. The van der Waals surface area contributed by atoms with Gasteiger partial charge < -0.3 is 4.90 Å².